The first-order chi connectivity index (χ1) is 49.9. The van der Waals surface area contributed by atoms with Gasteiger partial charge in [0.2, 0.25) is 0 Å². The van der Waals surface area contributed by atoms with Crippen LogP contribution in [0.1, 0.15) is 131 Å². The monoisotopic (exact) mass is 1310 g/mol. The fraction of sp³-hybridized carbons (Fsp3) is 0.202. The summed E-state index contributed by atoms with van der Waals surface area (Å²) >= 11 is 0. The molecule has 0 unspecified atom stereocenters. The molecule has 10 aromatic carbocycles. The van der Waals surface area contributed by atoms with Gasteiger partial charge in [-0.2, -0.15) is 0 Å². The molecule has 498 valence electrons. The Morgan fingerprint density at radius 3 is 1.02 bits per heavy atom. The van der Waals surface area contributed by atoms with E-state index in [-0.39, 0.29) is 33.0 Å². The molecule has 16 aromatic rings. The van der Waals surface area contributed by atoms with E-state index >= 15 is 0 Å². The van der Waals surface area contributed by atoms with Gasteiger partial charge in [0.25, 0.3) is 0 Å². The molecule has 0 aliphatic carbocycles. The van der Waals surface area contributed by atoms with Gasteiger partial charge in [-0.1, -0.05) is 302 Å². The summed E-state index contributed by atoms with van der Waals surface area (Å²) in [5, 5.41) is 7.57. The summed E-state index contributed by atoms with van der Waals surface area (Å²) in [4.78, 5) is 14.2. The summed E-state index contributed by atoms with van der Waals surface area (Å²) in [5.74, 6) is 1.88. The first-order valence-corrected chi connectivity index (χ1v) is 34.8. The Hall–Kier alpha value is -11.0. The second-order valence-corrected chi connectivity index (χ2v) is 30.0. The summed E-state index contributed by atoms with van der Waals surface area (Å²) in [7, 11) is 0. The van der Waals surface area contributed by atoms with E-state index in [4.69, 9.17) is 16.8 Å². The van der Waals surface area contributed by atoms with E-state index in [1.54, 1.807) is 12.1 Å². The van der Waals surface area contributed by atoms with Gasteiger partial charge >= 0.3 is 0 Å². The zero-order chi connectivity index (χ0) is 74.4. The van der Waals surface area contributed by atoms with Crippen molar-refractivity contribution in [3.63, 3.8) is 0 Å². The largest absolute Gasteiger partial charge is 0.309 e. The highest BCUT2D eigenvalue weighted by atomic mass is 15.1. The van der Waals surface area contributed by atoms with Crippen LogP contribution in [0.3, 0.4) is 0 Å². The van der Waals surface area contributed by atoms with Crippen molar-refractivity contribution in [2.75, 3.05) is 0 Å². The molecule has 0 radical (unpaired) electrons. The lowest BCUT2D eigenvalue weighted by Crippen LogP contribution is -2.14. The number of benzene rings is 10. The number of hydrogen-bond donors (Lipinski definition) is 0. The molecule has 0 spiro atoms. The van der Waals surface area contributed by atoms with Crippen LogP contribution >= 0.6 is 0 Å². The highest BCUT2D eigenvalue weighted by Crippen LogP contribution is 2.41. The maximum Gasteiger partial charge on any atom is 0.140 e. The van der Waals surface area contributed by atoms with Gasteiger partial charge in [-0.25, -0.2) is 9.97 Å². The molecule has 0 N–H and O–H groups in total. The first kappa shape index (κ1) is 61.4. The predicted octanol–water partition coefficient (Wildman–Crippen LogP) is 25.3. The lowest BCUT2D eigenvalue weighted by molar-refractivity contribution is 0.587. The third-order valence-corrected chi connectivity index (χ3v) is 18.8. The van der Waals surface area contributed by atoms with Crippen molar-refractivity contribution >= 4 is 65.4 Å². The van der Waals surface area contributed by atoms with Crippen molar-refractivity contribution in [1.82, 2.24) is 28.7 Å². The zero-order valence-corrected chi connectivity index (χ0v) is 59.9. The maximum atomic E-state index is 7.70. The van der Waals surface area contributed by atoms with E-state index < -0.39 is 13.2 Å². The molecule has 6 heteroatoms. The molecule has 0 saturated carbocycles. The fourth-order valence-electron chi connectivity index (χ4n) is 13.5. The topological polar surface area (TPSA) is 53.5 Å². The average Bonchev–Trinajstić information content (AvgIpc) is 1.57. The van der Waals surface area contributed by atoms with Gasteiger partial charge in [0.15, 0.2) is 0 Å². The summed E-state index contributed by atoms with van der Waals surface area (Å²) < 4.78 is 44.7. The van der Waals surface area contributed by atoms with Crippen molar-refractivity contribution < 1.29 is 6.85 Å². The van der Waals surface area contributed by atoms with Crippen LogP contribution in [0.15, 0.2) is 291 Å². The molecule has 6 aromatic heterocycles. The summed E-state index contributed by atoms with van der Waals surface area (Å²) in [6.45, 7) is 25.3. The Labute approximate surface area is 598 Å². The molecule has 6 nitrogen and oxygen atoms in total. The molecule has 100 heavy (non-hydrogen) atoms. The van der Waals surface area contributed by atoms with E-state index in [2.05, 4.69) is 348 Å². The molecule has 0 aliphatic heterocycles. The first-order valence-electron chi connectivity index (χ1n) is 37.3. The maximum absolute atomic E-state index is 7.70. The molecule has 0 atom stereocenters. The minimum atomic E-state index is -2.32. The normalized spacial score (nSPS) is 12.9. The number of aromatic nitrogens is 6. The van der Waals surface area contributed by atoms with E-state index in [0.29, 0.717) is 0 Å². The lowest BCUT2D eigenvalue weighted by Gasteiger charge is -2.24. The predicted molar refractivity (Wildman–Crippen MR) is 427 cm³/mol. The molecule has 0 amide bonds. The fourth-order valence-corrected chi connectivity index (χ4v) is 13.5. The molecule has 0 bridgehead atoms. The summed E-state index contributed by atoms with van der Waals surface area (Å²) in [6, 6.07) is 102. The molecule has 0 aliphatic rings. The zero-order valence-electron chi connectivity index (χ0n) is 64.9. The SMILES string of the molecule is CC(C)(C)c1cc(-c2ccccc2)nc(-c2ccccc2)c1.CC(C)(C)c1cc(-n2c3ccccc3c3ccccc32)nc(-n2c3ccccc3c3ccccc32)c1.CC(C)(C)c1ccccc1-c1ccccc1-n1c2ccccc2c2ccccc21.[2H]C([2H])([2H])c1cc(C(C)(C)C)cc(C([2H])([2H])C)n1. The van der Waals surface area contributed by atoms with Gasteiger partial charge in [0.1, 0.15) is 11.6 Å². The van der Waals surface area contributed by atoms with E-state index in [1.807, 2.05) is 32.9 Å². The Kier molecular flexibility index (Phi) is 17.0. The van der Waals surface area contributed by atoms with Crippen molar-refractivity contribution in [1.29, 1.82) is 0 Å². The minimum Gasteiger partial charge on any atom is -0.309 e. The third kappa shape index (κ3) is 13.9. The highest BCUT2D eigenvalue weighted by molar-refractivity contribution is 6.11. The minimum absolute atomic E-state index is 0.0377. The van der Waals surface area contributed by atoms with Crippen molar-refractivity contribution in [3.8, 4) is 51.0 Å². The Bertz CT molecular complexity index is 5380. The van der Waals surface area contributed by atoms with Gasteiger partial charge < -0.3 is 4.57 Å². The van der Waals surface area contributed by atoms with E-state index in [1.165, 1.54) is 106 Å². The number of hydrogen-bond acceptors (Lipinski definition) is 3. The molecule has 0 saturated heterocycles. The van der Waals surface area contributed by atoms with Crippen molar-refractivity contribution in [2.24, 2.45) is 0 Å². The smallest absolute Gasteiger partial charge is 0.140 e. The van der Waals surface area contributed by atoms with Crippen LogP contribution in [0, 0.1) is 6.85 Å². The van der Waals surface area contributed by atoms with Gasteiger partial charge in [0.05, 0.1) is 50.2 Å². The molecular weight excluding hydrogens is 1210 g/mol. The Morgan fingerprint density at radius 2 is 0.640 bits per heavy atom. The van der Waals surface area contributed by atoms with E-state index in [9.17, 15) is 0 Å². The number of nitrogens with zero attached hydrogens (tertiary/aromatic N) is 6. The Balaban J connectivity index is 0.000000129. The van der Waals surface area contributed by atoms with Gasteiger partial charge in [0, 0.05) is 67.2 Å². The van der Waals surface area contributed by atoms with Gasteiger partial charge in [-0.15, -0.1) is 0 Å². The highest BCUT2D eigenvalue weighted by Gasteiger charge is 2.25. The number of pyridine rings is 3. The molecule has 0 fully saturated rings. The second kappa shape index (κ2) is 27.8. The standard InChI is InChI=1S/C33H27N3.C28H25N.C21H21N.C12H19N/c1-33(2,3)22-20-31(35-27-16-8-4-12-23(27)24-13-5-9-17-28(24)35)34-32(21-22)36-29-18-10-6-14-25(29)26-15-7-11-19-30(26)36;1-28(2,3)24-16-8-4-12-20(24)21-13-5-9-17-25(21)29-26-18-10-6-14-22(26)23-15-7-11-19-27(23)29;1-21(2,3)18-14-19(16-10-6-4-7-11-16)22-20(15-18)17-12-8-5-9-13-17;1-6-11-8-10(12(3,4)5)7-9(2)13-11/h4-21H,1-3H3;4-19H,1-3H3;4-15H,1-3H3;7-8H,6H2,1-5H3/i;;;2D3,6D2. The third-order valence-electron chi connectivity index (χ3n) is 18.8. The summed E-state index contributed by atoms with van der Waals surface area (Å²) in [5.41, 5.74) is 20.1. The average molecular weight is 1310 g/mol. The number of para-hydroxylation sites is 7. The van der Waals surface area contributed by atoms with Gasteiger partial charge in [-0.3, -0.25) is 14.1 Å². The summed E-state index contributed by atoms with van der Waals surface area (Å²) in [6.07, 6.45) is -1.65. The van der Waals surface area contributed by atoms with Gasteiger partial charge in [-0.05, 0) is 142 Å². The number of rotatable bonds is 7. The van der Waals surface area contributed by atoms with Crippen LogP contribution in [-0.4, -0.2) is 28.7 Å². The molecule has 16 rings (SSSR count). The van der Waals surface area contributed by atoms with Crippen LogP contribution in [0.25, 0.3) is 116 Å². The van der Waals surface area contributed by atoms with Crippen LogP contribution in [-0.2, 0) is 28.0 Å². The van der Waals surface area contributed by atoms with Crippen LogP contribution < -0.4 is 0 Å². The lowest BCUT2D eigenvalue weighted by atomic mass is 9.81. The second-order valence-electron chi connectivity index (χ2n) is 30.0. The van der Waals surface area contributed by atoms with Crippen molar-refractivity contribution in [3.05, 3.63) is 325 Å². The van der Waals surface area contributed by atoms with Crippen LogP contribution in [0.5, 0.6) is 0 Å². The molecule has 6 heterocycles. The number of fused-ring (bicyclic) bond motifs is 9. The molecular formula is C94H92N6. The quantitative estimate of drug-likeness (QED) is 0.160. The van der Waals surface area contributed by atoms with E-state index in [0.717, 1.165) is 39.7 Å². The van der Waals surface area contributed by atoms with Crippen LogP contribution in [0.2, 0.25) is 0 Å². The number of aryl methyl sites for hydroxylation is 2. The Morgan fingerprint density at radius 1 is 0.310 bits per heavy atom. The van der Waals surface area contributed by atoms with Crippen LogP contribution in [0.4, 0.5) is 0 Å². The van der Waals surface area contributed by atoms with Crippen molar-refractivity contribution in [2.45, 2.75) is 125 Å².